The van der Waals surface area contributed by atoms with E-state index in [1.165, 1.54) is 0 Å². The smallest absolute Gasteiger partial charge is 0.156 e. The highest BCUT2D eigenvalue weighted by Gasteiger charge is 2.26. The SMILES string of the molecule is N#CC1CN(CCC2CCCC2=O)CCO1. The summed E-state index contributed by atoms with van der Waals surface area (Å²) < 4.78 is 5.28. The fourth-order valence-electron chi connectivity index (χ4n) is 2.52. The van der Waals surface area contributed by atoms with Crippen molar-refractivity contribution in [2.75, 3.05) is 26.2 Å². The van der Waals surface area contributed by atoms with E-state index in [1.807, 2.05) is 0 Å². The van der Waals surface area contributed by atoms with Crippen LogP contribution >= 0.6 is 0 Å². The minimum atomic E-state index is -0.284. The minimum absolute atomic E-state index is 0.281. The molecule has 2 unspecified atom stereocenters. The van der Waals surface area contributed by atoms with E-state index in [9.17, 15) is 4.79 Å². The lowest BCUT2D eigenvalue weighted by Crippen LogP contribution is -2.42. The summed E-state index contributed by atoms with van der Waals surface area (Å²) in [5.41, 5.74) is 0. The van der Waals surface area contributed by atoms with Crippen LogP contribution in [0.5, 0.6) is 0 Å². The fourth-order valence-corrected chi connectivity index (χ4v) is 2.52. The second-order valence-electron chi connectivity index (χ2n) is 4.63. The molecule has 1 saturated heterocycles. The third-order valence-corrected chi connectivity index (χ3v) is 3.52. The second kappa shape index (κ2) is 5.42. The van der Waals surface area contributed by atoms with Gasteiger partial charge < -0.3 is 4.74 Å². The Morgan fingerprint density at radius 1 is 1.56 bits per heavy atom. The summed E-state index contributed by atoms with van der Waals surface area (Å²) in [5.74, 6) is 0.716. The van der Waals surface area contributed by atoms with Gasteiger partial charge >= 0.3 is 0 Å². The Kier molecular flexibility index (Phi) is 3.92. The van der Waals surface area contributed by atoms with Crippen LogP contribution in [0.4, 0.5) is 0 Å². The van der Waals surface area contributed by atoms with Crippen LogP contribution in [-0.4, -0.2) is 43.0 Å². The van der Waals surface area contributed by atoms with Crippen molar-refractivity contribution in [3.8, 4) is 6.07 Å². The number of nitriles is 1. The van der Waals surface area contributed by atoms with Gasteiger partial charge in [0, 0.05) is 25.4 Å². The van der Waals surface area contributed by atoms with Gasteiger partial charge in [0.05, 0.1) is 12.7 Å². The van der Waals surface area contributed by atoms with Crippen molar-refractivity contribution in [2.24, 2.45) is 5.92 Å². The molecule has 0 spiro atoms. The number of hydrogen-bond acceptors (Lipinski definition) is 4. The third-order valence-electron chi connectivity index (χ3n) is 3.52. The maximum absolute atomic E-state index is 11.5. The number of nitrogens with zero attached hydrogens (tertiary/aromatic N) is 2. The zero-order chi connectivity index (χ0) is 11.4. The molecule has 88 valence electrons. The van der Waals surface area contributed by atoms with Gasteiger partial charge in [-0.2, -0.15) is 5.26 Å². The highest BCUT2D eigenvalue weighted by molar-refractivity contribution is 5.82. The van der Waals surface area contributed by atoms with Gasteiger partial charge in [-0.15, -0.1) is 0 Å². The molecular weight excluding hydrogens is 204 g/mol. The average molecular weight is 222 g/mol. The Morgan fingerprint density at radius 3 is 3.12 bits per heavy atom. The average Bonchev–Trinajstić information content (AvgIpc) is 2.72. The van der Waals surface area contributed by atoms with Gasteiger partial charge in [0.2, 0.25) is 0 Å². The number of hydrogen-bond donors (Lipinski definition) is 0. The van der Waals surface area contributed by atoms with E-state index in [1.54, 1.807) is 0 Å². The summed E-state index contributed by atoms with van der Waals surface area (Å²) in [7, 11) is 0. The van der Waals surface area contributed by atoms with Crippen molar-refractivity contribution in [3.05, 3.63) is 0 Å². The molecule has 0 aromatic rings. The molecule has 1 saturated carbocycles. The van der Waals surface area contributed by atoms with Crippen molar-refractivity contribution >= 4 is 5.78 Å². The van der Waals surface area contributed by atoms with Crippen molar-refractivity contribution in [1.29, 1.82) is 5.26 Å². The van der Waals surface area contributed by atoms with E-state index >= 15 is 0 Å². The van der Waals surface area contributed by atoms with Crippen molar-refractivity contribution in [1.82, 2.24) is 4.90 Å². The van der Waals surface area contributed by atoms with E-state index in [0.29, 0.717) is 18.9 Å². The van der Waals surface area contributed by atoms with Gasteiger partial charge in [0.1, 0.15) is 5.78 Å². The molecule has 0 amide bonds. The van der Waals surface area contributed by atoms with E-state index in [-0.39, 0.29) is 12.0 Å². The summed E-state index contributed by atoms with van der Waals surface area (Å²) >= 11 is 0. The van der Waals surface area contributed by atoms with Crippen LogP contribution in [0.1, 0.15) is 25.7 Å². The highest BCUT2D eigenvalue weighted by Crippen LogP contribution is 2.24. The van der Waals surface area contributed by atoms with E-state index in [4.69, 9.17) is 10.00 Å². The maximum atomic E-state index is 11.5. The lowest BCUT2D eigenvalue weighted by Gasteiger charge is -2.30. The van der Waals surface area contributed by atoms with Crippen molar-refractivity contribution in [3.63, 3.8) is 0 Å². The topological polar surface area (TPSA) is 53.3 Å². The Labute approximate surface area is 96.2 Å². The molecule has 16 heavy (non-hydrogen) atoms. The first-order valence-corrected chi connectivity index (χ1v) is 6.06. The minimum Gasteiger partial charge on any atom is -0.361 e. The molecule has 4 heteroatoms. The lowest BCUT2D eigenvalue weighted by molar-refractivity contribution is -0.121. The van der Waals surface area contributed by atoms with E-state index in [2.05, 4.69) is 11.0 Å². The van der Waals surface area contributed by atoms with Gasteiger partial charge in [0.15, 0.2) is 6.10 Å². The van der Waals surface area contributed by atoms with Crippen molar-refractivity contribution in [2.45, 2.75) is 31.8 Å². The molecule has 1 aliphatic heterocycles. The predicted octanol–water partition coefficient (Wildman–Crippen LogP) is 0.970. The number of ether oxygens (including phenoxy) is 1. The van der Waals surface area contributed by atoms with Crippen LogP contribution < -0.4 is 0 Å². The summed E-state index contributed by atoms with van der Waals surface area (Å²) in [6.07, 6.45) is 3.57. The van der Waals surface area contributed by atoms with Crippen LogP contribution in [0.25, 0.3) is 0 Å². The number of rotatable bonds is 3. The van der Waals surface area contributed by atoms with E-state index in [0.717, 1.165) is 38.8 Å². The monoisotopic (exact) mass is 222 g/mol. The van der Waals surface area contributed by atoms with Gasteiger partial charge in [-0.1, -0.05) is 0 Å². The van der Waals surface area contributed by atoms with Crippen LogP contribution in [0.3, 0.4) is 0 Å². The Balaban J connectivity index is 1.73. The van der Waals surface area contributed by atoms with Crippen LogP contribution in [0.2, 0.25) is 0 Å². The molecule has 0 radical (unpaired) electrons. The standard InChI is InChI=1S/C12H18N2O2/c13-8-11-9-14(6-7-16-11)5-4-10-2-1-3-12(10)15/h10-11H,1-7,9H2. The Hall–Kier alpha value is -0.920. The van der Waals surface area contributed by atoms with Crippen LogP contribution in [-0.2, 0) is 9.53 Å². The molecule has 2 aliphatic rings. The second-order valence-corrected chi connectivity index (χ2v) is 4.63. The number of carbonyl (C=O) groups is 1. The number of morpholine rings is 1. The molecule has 0 bridgehead atoms. The molecule has 2 atom stereocenters. The van der Waals surface area contributed by atoms with Crippen LogP contribution in [0, 0.1) is 17.2 Å². The first kappa shape index (κ1) is 11.6. The third kappa shape index (κ3) is 2.81. The molecule has 1 heterocycles. The Morgan fingerprint density at radius 2 is 2.44 bits per heavy atom. The van der Waals surface area contributed by atoms with E-state index < -0.39 is 0 Å². The van der Waals surface area contributed by atoms with Crippen LogP contribution in [0.15, 0.2) is 0 Å². The zero-order valence-electron chi connectivity index (χ0n) is 9.52. The first-order valence-electron chi connectivity index (χ1n) is 6.06. The number of Topliss-reactive ketones (excluding diaryl/α,β-unsaturated/α-hetero) is 1. The van der Waals surface area contributed by atoms with Gasteiger partial charge in [0.25, 0.3) is 0 Å². The molecule has 0 N–H and O–H groups in total. The summed E-state index contributed by atoms with van der Waals surface area (Å²) in [6, 6.07) is 2.14. The quantitative estimate of drug-likeness (QED) is 0.714. The predicted molar refractivity (Wildman–Crippen MR) is 58.8 cm³/mol. The lowest BCUT2D eigenvalue weighted by atomic mass is 10.0. The van der Waals surface area contributed by atoms with Gasteiger partial charge in [-0.25, -0.2) is 0 Å². The Bertz CT molecular complexity index is 298. The largest absolute Gasteiger partial charge is 0.361 e. The molecule has 0 aromatic carbocycles. The van der Waals surface area contributed by atoms with Gasteiger partial charge in [-0.3, -0.25) is 9.69 Å². The summed E-state index contributed by atoms with van der Waals surface area (Å²) in [5, 5.41) is 8.77. The molecule has 2 fully saturated rings. The number of carbonyl (C=O) groups excluding carboxylic acids is 1. The summed E-state index contributed by atoms with van der Waals surface area (Å²) in [4.78, 5) is 13.7. The number of ketones is 1. The molecule has 0 aromatic heterocycles. The highest BCUT2D eigenvalue weighted by atomic mass is 16.5. The fraction of sp³-hybridized carbons (Fsp3) is 0.833. The normalized spacial score (nSPS) is 31.6. The molecular formula is C12H18N2O2. The molecule has 4 nitrogen and oxygen atoms in total. The molecule has 2 rings (SSSR count). The molecule has 1 aliphatic carbocycles. The van der Waals surface area contributed by atoms with Crippen molar-refractivity contribution < 1.29 is 9.53 Å². The summed E-state index contributed by atoms with van der Waals surface area (Å²) in [6.45, 7) is 3.14. The first-order chi connectivity index (χ1) is 7.79. The van der Waals surface area contributed by atoms with Gasteiger partial charge in [-0.05, 0) is 25.8 Å². The maximum Gasteiger partial charge on any atom is 0.156 e. The zero-order valence-corrected chi connectivity index (χ0v) is 9.52.